The molecule has 0 aliphatic carbocycles. The number of aromatic nitrogens is 1. The Morgan fingerprint density at radius 2 is 2.17 bits per heavy atom. The molecule has 1 saturated heterocycles. The highest BCUT2D eigenvalue weighted by atomic mass is 32.1. The third-order valence-corrected chi connectivity index (χ3v) is 4.89. The molecule has 0 amide bonds. The number of rotatable bonds is 3. The summed E-state index contributed by atoms with van der Waals surface area (Å²) in [5, 5.41) is 6.57. The fourth-order valence-electron chi connectivity index (χ4n) is 2.17. The van der Waals surface area contributed by atoms with Gasteiger partial charge in [0.25, 0.3) is 0 Å². The van der Waals surface area contributed by atoms with Crippen LogP contribution in [0.4, 0.5) is 5.13 Å². The van der Waals surface area contributed by atoms with Gasteiger partial charge in [0.2, 0.25) is 0 Å². The number of hydrogen-bond acceptors (Lipinski definition) is 5. The second-order valence-electron chi connectivity index (χ2n) is 5.72. The zero-order valence-corrected chi connectivity index (χ0v) is 12.8. The monoisotopic (exact) mass is 268 g/mol. The van der Waals surface area contributed by atoms with Crippen molar-refractivity contribution in [3.63, 3.8) is 0 Å². The van der Waals surface area contributed by atoms with Crippen molar-refractivity contribution in [3.05, 3.63) is 11.1 Å². The molecule has 5 heteroatoms. The first kappa shape index (κ1) is 13.8. The van der Waals surface area contributed by atoms with Crippen LogP contribution in [0.15, 0.2) is 5.38 Å². The average molecular weight is 268 g/mol. The smallest absolute Gasteiger partial charge is 0.185 e. The summed E-state index contributed by atoms with van der Waals surface area (Å²) in [6.07, 6.45) is 0. The summed E-state index contributed by atoms with van der Waals surface area (Å²) in [5.41, 5.74) is 1.37. The summed E-state index contributed by atoms with van der Waals surface area (Å²) >= 11 is 1.76. The highest BCUT2D eigenvalue weighted by molar-refractivity contribution is 7.13. The third-order valence-electron chi connectivity index (χ3n) is 3.97. The summed E-state index contributed by atoms with van der Waals surface area (Å²) < 4.78 is 0. The Morgan fingerprint density at radius 3 is 2.78 bits per heavy atom. The van der Waals surface area contributed by atoms with Crippen LogP contribution >= 0.6 is 11.3 Å². The molecule has 1 unspecified atom stereocenters. The minimum atomic E-state index is 0.221. The van der Waals surface area contributed by atoms with Gasteiger partial charge in [0.1, 0.15) is 0 Å². The van der Waals surface area contributed by atoms with Crippen LogP contribution in [0.3, 0.4) is 0 Å². The van der Waals surface area contributed by atoms with Crippen molar-refractivity contribution in [1.29, 1.82) is 0 Å². The first-order valence-corrected chi connectivity index (χ1v) is 7.41. The standard InChI is InChI=1S/C13H24N4S/c1-10(14-4)11-8-18-12(15-11)17-7-6-16(5)13(2,3)9-17/h8,10,14H,6-7,9H2,1-5H3. The molecule has 18 heavy (non-hydrogen) atoms. The highest BCUT2D eigenvalue weighted by Crippen LogP contribution is 2.28. The third kappa shape index (κ3) is 2.68. The van der Waals surface area contributed by atoms with Crippen molar-refractivity contribution in [2.24, 2.45) is 0 Å². The molecule has 2 rings (SSSR count). The Balaban J connectivity index is 2.10. The van der Waals surface area contributed by atoms with E-state index in [1.165, 1.54) is 0 Å². The predicted octanol–water partition coefficient (Wildman–Crippen LogP) is 1.95. The van der Waals surface area contributed by atoms with Crippen LogP contribution in [0.1, 0.15) is 32.5 Å². The van der Waals surface area contributed by atoms with E-state index in [2.05, 4.69) is 48.3 Å². The van der Waals surface area contributed by atoms with E-state index >= 15 is 0 Å². The minimum Gasteiger partial charge on any atom is -0.345 e. The largest absolute Gasteiger partial charge is 0.345 e. The zero-order chi connectivity index (χ0) is 13.3. The number of likely N-dealkylation sites (N-methyl/N-ethyl adjacent to an activating group) is 1. The molecular weight excluding hydrogens is 244 g/mol. The fourth-order valence-corrected chi connectivity index (χ4v) is 3.12. The molecule has 1 N–H and O–H groups in total. The van der Waals surface area contributed by atoms with Crippen LogP contribution in [0, 0.1) is 0 Å². The first-order chi connectivity index (χ1) is 8.44. The van der Waals surface area contributed by atoms with Crippen LogP contribution in [0.2, 0.25) is 0 Å². The summed E-state index contributed by atoms with van der Waals surface area (Å²) in [7, 11) is 4.18. The van der Waals surface area contributed by atoms with Gasteiger partial charge in [-0.25, -0.2) is 4.98 Å². The van der Waals surface area contributed by atoms with Crippen molar-refractivity contribution in [1.82, 2.24) is 15.2 Å². The number of nitrogens with one attached hydrogen (secondary N) is 1. The van der Waals surface area contributed by atoms with Crippen LogP contribution in [-0.2, 0) is 0 Å². The number of thiazole rings is 1. The van der Waals surface area contributed by atoms with Gasteiger partial charge in [-0.05, 0) is 34.9 Å². The Morgan fingerprint density at radius 1 is 1.44 bits per heavy atom. The van der Waals surface area contributed by atoms with Crippen molar-refractivity contribution in [2.45, 2.75) is 32.4 Å². The number of piperazine rings is 1. The van der Waals surface area contributed by atoms with Gasteiger partial charge in [-0.15, -0.1) is 11.3 Å². The minimum absolute atomic E-state index is 0.221. The Hall–Kier alpha value is -0.650. The van der Waals surface area contributed by atoms with Gasteiger partial charge in [0, 0.05) is 36.6 Å². The molecule has 0 aromatic carbocycles. The van der Waals surface area contributed by atoms with Gasteiger partial charge in [-0.2, -0.15) is 0 Å². The SMILES string of the molecule is CNC(C)c1csc(N2CCN(C)C(C)(C)C2)n1. The summed E-state index contributed by atoms with van der Waals surface area (Å²) in [4.78, 5) is 9.60. The van der Waals surface area contributed by atoms with E-state index in [4.69, 9.17) is 4.98 Å². The lowest BCUT2D eigenvalue weighted by Gasteiger charge is -2.45. The number of hydrogen-bond donors (Lipinski definition) is 1. The summed E-state index contributed by atoms with van der Waals surface area (Å²) in [6, 6.07) is 0.329. The van der Waals surface area contributed by atoms with E-state index in [9.17, 15) is 0 Å². The second-order valence-corrected chi connectivity index (χ2v) is 6.56. The van der Waals surface area contributed by atoms with Crippen molar-refractivity contribution < 1.29 is 0 Å². The Kier molecular flexibility index (Phi) is 3.94. The van der Waals surface area contributed by atoms with Gasteiger partial charge in [0.05, 0.1) is 5.69 Å². The molecule has 0 saturated carbocycles. The van der Waals surface area contributed by atoms with E-state index in [0.717, 1.165) is 30.5 Å². The molecule has 1 aromatic heterocycles. The molecule has 1 atom stereocenters. The lowest BCUT2D eigenvalue weighted by atomic mass is 10.0. The van der Waals surface area contributed by atoms with Crippen LogP contribution in [0.5, 0.6) is 0 Å². The molecule has 1 aliphatic heterocycles. The van der Waals surface area contributed by atoms with Crippen molar-refractivity contribution in [2.75, 3.05) is 38.6 Å². The summed E-state index contributed by atoms with van der Waals surface area (Å²) in [6.45, 7) is 9.95. The van der Waals surface area contributed by atoms with Crippen LogP contribution < -0.4 is 10.2 Å². The first-order valence-electron chi connectivity index (χ1n) is 6.53. The van der Waals surface area contributed by atoms with Crippen LogP contribution in [-0.4, -0.2) is 49.2 Å². The van der Waals surface area contributed by atoms with Gasteiger partial charge >= 0.3 is 0 Å². The maximum absolute atomic E-state index is 4.76. The van der Waals surface area contributed by atoms with E-state index < -0.39 is 0 Å². The molecule has 0 bridgehead atoms. The van der Waals surface area contributed by atoms with Crippen molar-refractivity contribution in [3.8, 4) is 0 Å². The lowest BCUT2D eigenvalue weighted by molar-refractivity contribution is 0.139. The Bertz CT molecular complexity index is 401. The lowest BCUT2D eigenvalue weighted by Crippen LogP contribution is -2.57. The van der Waals surface area contributed by atoms with E-state index in [1.54, 1.807) is 11.3 Å². The second kappa shape index (κ2) is 5.15. The maximum Gasteiger partial charge on any atom is 0.185 e. The average Bonchev–Trinajstić information content (AvgIpc) is 2.81. The predicted molar refractivity (Wildman–Crippen MR) is 78.5 cm³/mol. The molecule has 102 valence electrons. The molecule has 4 nitrogen and oxygen atoms in total. The van der Waals surface area contributed by atoms with E-state index in [1.807, 2.05) is 7.05 Å². The maximum atomic E-state index is 4.76. The van der Waals surface area contributed by atoms with Gasteiger partial charge < -0.3 is 10.2 Å². The quantitative estimate of drug-likeness (QED) is 0.908. The van der Waals surface area contributed by atoms with Crippen LogP contribution in [0.25, 0.3) is 0 Å². The Labute approximate surface area is 114 Å². The topological polar surface area (TPSA) is 31.4 Å². The van der Waals surface area contributed by atoms with Gasteiger partial charge in [-0.3, -0.25) is 4.90 Å². The molecule has 1 fully saturated rings. The molecule has 2 heterocycles. The van der Waals surface area contributed by atoms with E-state index in [-0.39, 0.29) is 5.54 Å². The molecule has 1 aliphatic rings. The zero-order valence-electron chi connectivity index (χ0n) is 12.0. The number of nitrogens with zero attached hydrogens (tertiary/aromatic N) is 3. The van der Waals surface area contributed by atoms with Gasteiger partial charge in [-0.1, -0.05) is 0 Å². The number of anilines is 1. The van der Waals surface area contributed by atoms with Gasteiger partial charge in [0.15, 0.2) is 5.13 Å². The van der Waals surface area contributed by atoms with Crippen molar-refractivity contribution >= 4 is 16.5 Å². The highest BCUT2D eigenvalue weighted by Gasteiger charge is 2.32. The van der Waals surface area contributed by atoms with E-state index in [0.29, 0.717) is 6.04 Å². The normalized spacial score (nSPS) is 22.2. The summed E-state index contributed by atoms with van der Waals surface area (Å²) in [5.74, 6) is 0. The molecule has 0 radical (unpaired) electrons. The molecular formula is C13H24N4S. The molecule has 1 aromatic rings. The molecule has 0 spiro atoms. The fraction of sp³-hybridized carbons (Fsp3) is 0.769.